The van der Waals surface area contributed by atoms with Crippen LogP contribution in [0.5, 0.6) is 0 Å². The molecule has 1 saturated carbocycles. The van der Waals surface area contributed by atoms with E-state index in [1.165, 1.54) is 0 Å². The summed E-state index contributed by atoms with van der Waals surface area (Å²) in [6.07, 6.45) is 1.92. The quantitative estimate of drug-likeness (QED) is 0.679. The van der Waals surface area contributed by atoms with Crippen molar-refractivity contribution in [3.8, 4) is 0 Å². The Hall–Kier alpha value is -1.02. The van der Waals surface area contributed by atoms with E-state index in [1.54, 1.807) is 0 Å². The molecule has 0 aromatic heterocycles. The van der Waals surface area contributed by atoms with Crippen LogP contribution in [0, 0.1) is 12.8 Å². The summed E-state index contributed by atoms with van der Waals surface area (Å²) < 4.78 is 0. The molecule has 1 aromatic rings. The van der Waals surface area contributed by atoms with Gasteiger partial charge in [-0.05, 0) is 37.3 Å². The highest BCUT2D eigenvalue weighted by molar-refractivity contribution is 5.50. The smallest absolute Gasteiger partial charge is 0.0838 e. The zero-order chi connectivity index (χ0) is 9.42. The summed E-state index contributed by atoms with van der Waals surface area (Å²) >= 11 is 0. The molecule has 2 rings (SSSR count). The monoisotopic (exact) mass is 177 g/mol. The lowest BCUT2D eigenvalue weighted by Gasteiger charge is -2.12. The van der Waals surface area contributed by atoms with Crippen LogP contribution in [-0.4, -0.2) is 5.11 Å². The molecule has 1 aromatic carbocycles. The van der Waals surface area contributed by atoms with Gasteiger partial charge in [0.25, 0.3) is 0 Å². The van der Waals surface area contributed by atoms with Gasteiger partial charge < -0.3 is 10.8 Å². The van der Waals surface area contributed by atoms with E-state index in [0.29, 0.717) is 5.92 Å². The van der Waals surface area contributed by atoms with E-state index in [2.05, 4.69) is 0 Å². The first-order valence-corrected chi connectivity index (χ1v) is 4.72. The second kappa shape index (κ2) is 3.04. The minimum atomic E-state index is -0.347. The fourth-order valence-corrected chi connectivity index (χ4v) is 1.63. The summed E-state index contributed by atoms with van der Waals surface area (Å²) in [6.45, 7) is 2.00. The van der Waals surface area contributed by atoms with Crippen molar-refractivity contribution in [2.75, 3.05) is 5.73 Å². The molecular weight excluding hydrogens is 162 g/mol. The van der Waals surface area contributed by atoms with Crippen molar-refractivity contribution >= 4 is 5.69 Å². The topological polar surface area (TPSA) is 46.2 Å². The second-order valence-electron chi connectivity index (χ2n) is 3.91. The third kappa shape index (κ3) is 1.68. The predicted molar refractivity (Wildman–Crippen MR) is 53.3 cm³/mol. The third-order valence-electron chi connectivity index (χ3n) is 2.63. The minimum absolute atomic E-state index is 0.347. The van der Waals surface area contributed by atoms with Gasteiger partial charge in [0.05, 0.1) is 6.10 Å². The number of anilines is 1. The lowest BCUT2D eigenvalue weighted by atomic mass is 10.0. The van der Waals surface area contributed by atoms with Gasteiger partial charge in [-0.25, -0.2) is 0 Å². The molecule has 0 aliphatic heterocycles. The predicted octanol–water partition coefficient (Wildman–Crippen LogP) is 2.02. The Bertz CT molecular complexity index is 318. The van der Waals surface area contributed by atoms with E-state index < -0.39 is 0 Å². The maximum atomic E-state index is 9.85. The number of aliphatic hydroxyl groups is 1. The number of aryl methyl sites for hydroxylation is 1. The van der Waals surface area contributed by atoms with Gasteiger partial charge in [-0.15, -0.1) is 0 Å². The van der Waals surface area contributed by atoms with Gasteiger partial charge in [0.1, 0.15) is 0 Å². The summed E-state index contributed by atoms with van der Waals surface area (Å²) in [4.78, 5) is 0. The van der Waals surface area contributed by atoms with Crippen LogP contribution in [0.4, 0.5) is 5.69 Å². The number of hydrogen-bond acceptors (Lipinski definition) is 2. The van der Waals surface area contributed by atoms with Crippen molar-refractivity contribution < 1.29 is 5.11 Å². The lowest BCUT2D eigenvalue weighted by Crippen LogP contribution is -2.03. The summed E-state index contributed by atoms with van der Waals surface area (Å²) in [6, 6.07) is 5.85. The van der Waals surface area contributed by atoms with Gasteiger partial charge in [0, 0.05) is 11.3 Å². The average Bonchev–Trinajstić information content (AvgIpc) is 2.85. The highest BCUT2D eigenvalue weighted by Crippen LogP contribution is 2.42. The van der Waals surface area contributed by atoms with Gasteiger partial charge in [0.15, 0.2) is 0 Å². The molecular formula is C11H15NO. The van der Waals surface area contributed by atoms with E-state index in [4.69, 9.17) is 5.73 Å². The first-order chi connectivity index (χ1) is 6.18. The molecule has 1 aliphatic carbocycles. The van der Waals surface area contributed by atoms with Crippen LogP contribution in [0.25, 0.3) is 0 Å². The van der Waals surface area contributed by atoms with Crippen LogP contribution >= 0.6 is 0 Å². The van der Waals surface area contributed by atoms with Crippen molar-refractivity contribution in [1.29, 1.82) is 0 Å². The number of nitrogen functional groups attached to an aromatic ring is 1. The zero-order valence-electron chi connectivity index (χ0n) is 7.83. The molecule has 1 aliphatic rings. The number of nitrogens with two attached hydrogens (primary N) is 1. The van der Waals surface area contributed by atoms with E-state index in [1.807, 2.05) is 25.1 Å². The summed E-state index contributed by atoms with van der Waals surface area (Å²) in [5.41, 5.74) is 8.59. The minimum Gasteiger partial charge on any atom is -0.398 e. The Morgan fingerprint density at radius 3 is 2.69 bits per heavy atom. The standard InChI is InChI=1S/C11H15NO/c1-7-2-5-9(10(12)6-7)11(13)8-3-4-8/h2,5-6,8,11,13H,3-4,12H2,1H3. The SMILES string of the molecule is Cc1ccc(C(O)C2CC2)c(N)c1. The highest BCUT2D eigenvalue weighted by Gasteiger charge is 2.31. The number of aliphatic hydroxyl groups excluding tert-OH is 1. The molecule has 0 radical (unpaired) electrons. The van der Waals surface area contributed by atoms with Crippen LogP contribution in [0.3, 0.4) is 0 Å². The van der Waals surface area contributed by atoms with Gasteiger partial charge in [-0.3, -0.25) is 0 Å². The van der Waals surface area contributed by atoms with Crippen LogP contribution in [0.2, 0.25) is 0 Å². The Morgan fingerprint density at radius 2 is 2.15 bits per heavy atom. The third-order valence-corrected chi connectivity index (χ3v) is 2.63. The molecule has 0 heterocycles. The van der Waals surface area contributed by atoms with E-state index in [9.17, 15) is 5.11 Å². The molecule has 0 saturated heterocycles. The lowest BCUT2D eigenvalue weighted by molar-refractivity contribution is 0.154. The molecule has 1 atom stereocenters. The first-order valence-electron chi connectivity index (χ1n) is 4.72. The summed E-state index contributed by atoms with van der Waals surface area (Å²) in [5, 5.41) is 9.85. The van der Waals surface area contributed by atoms with Gasteiger partial charge in [-0.2, -0.15) is 0 Å². The van der Waals surface area contributed by atoms with E-state index >= 15 is 0 Å². The van der Waals surface area contributed by atoms with Crippen molar-refractivity contribution in [3.05, 3.63) is 29.3 Å². The number of rotatable bonds is 2. The van der Waals surface area contributed by atoms with Crippen molar-refractivity contribution in [3.63, 3.8) is 0 Å². The molecule has 2 heteroatoms. The number of benzene rings is 1. The maximum Gasteiger partial charge on any atom is 0.0838 e. The molecule has 0 bridgehead atoms. The fraction of sp³-hybridized carbons (Fsp3) is 0.455. The van der Waals surface area contributed by atoms with Gasteiger partial charge >= 0.3 is 0 Å². The molecule has 0 amide bonds. The normalized spacial score (nSPS) is 18.6. The Labute approximate surface area is 78.4 Å². The van der Waals surface area contributed by atoms with Crippen LogP contribution in [0.15, 0.2) is 18.2 Å². The molecule has 13 heavy (non-hydrogen) atoms. The van der Waals surface area contributed by atoms with Crippen LogP contribution in [0.1, 0.15) is 30.1 Å². The van der Waals surface area contributed by atoms with E-state index in [0.717, 1.165) is 29.7 Å². The zero-order valence-corrected chi connectivity index (χ0v) is 7.83. The molecule has 2 nitrogen and oxygen atoms in total. The highest BCUT2D eigenvalue weighted by atomic mass is 16.3. The number of hydrogen-bond donors (Lipinski definition) is 2. The Balaban J connectivity index is 2.28. The van der Waals surface area contributed by atoms with E-state index in [-0.39, 0.29) is 6.10 Å². The molecule has 70 valence electrons. The van der Waals surface area contributed by atoms with Gasteiger partial charge in [0.2, 0.25) is 0 Å². The van der Waals surface area contributed by atoms with Gasteiger partial charge in [-0.1, -0.05) is 12.1 Å². The van der Waals surface area contributed by atoms with Crippen LogP contribution in [-0.2, 0) is 0 Å². The molecule has 3 N–H and O–H groups in total. The fourth-order valence-electron chi connectivity index (χ4n) is 1.63. The first kappa shape index (κ1) is 8.57. The van der Waals surface area contributed by atoms with Crippen molar-refractivity contribution in [2.45, 2.75) is 25.9 Å². The summed E-state index contributed by atoms with van der Waals surface area (Å²) in [5.74, 6) is 0.449. The summed E-state index contributed by atoms with van der Waals surface area (Å²) in [7, 11) is 0. The van der Waals surface area contributed by atoms with Crippen molar-refractivity contribution in [1.82, 2.24) is 0 Å². The Kier molecular flexibility index (Phi) is 2.00. The second-order valence-corrected chi connectivity index (χ2v) is 3.91. The van der Waals surface area contributed by atoms with Crippen molar-refractivity contribution in [2.24, 2.45) is 5.92 Å². The maximum absolute atomic E-state index is 9.85. The largest absolute Gasteiger partial charge is 0.398 e. The average molecular weight is 177 g/mol. The molecule has 1 fully saturated rings. The molecule has 1 unspecified atom stereocenters. The van der Waals surface area contributed by atoms with Crippen LogP contribution < -0.4 is 5.73 Å². The Morgan fingerprint density at radius 1 is 1.46 bits per heavy atom. The molecule has 0 spiro atoms.